The van der Waals surface area contributed by atoms with Gasteiger partial charge in [0.1, 0.15) is 5.54 Å². The molecule has 0 atom stereocenters. The molecule has 5 nitrogen and oxygen atoms in total. The van der Waals surface area contributed by atoms with Crippen LogP contribution in [-0.4, -0.2) is 27.4 Å². The van der Waals surface area contributed by atoms with Gasteiger partial charge in [0.25, 0.3) is 5.91 Å². The van der Waals surface area contributed by atoms with E-state index in [9.17, 15) is 9.59 Å². The fraction of sp³-hybridized carbons (Fsp3) is 0.643. The Hall–Kier alpha value is -1.43. The van der Waals surface area contributed by atoms with E-state index in [0.717, 1.165) is 36.4 Å². The zero-order chi connectivity index (χ0) is 14.3. The number of rotatable bonds is 2. The van der Waals surface area contributed by atoms with Crippen molar-refractivity contribution < 1.29 is 9.59 Å². The quantitative estimate of drug-likeness (QED) is 0.852. The Morgan fingerprint density at radius 2 is 2.15 bits per heavy atom. The molecule has 1 aliphatic carbocycles. The predicted molar refractivity (Wildman–Crippen MR) is 76.3 cm³/mol. The number of urea groups is 1. The number of carbonyl (C=O) groups is 2. The van der Waals surface area contributed by atoms with E-state index in [1.807, 2.05) is 12.3 Å². The van der Waals surface area contributed by atoms with E-state index in [-0.39, 0.29) is 11.9 Å². The van der Waals surface area contributed by atoms with Crippen LogP contribution in [0.2, 0.25) is 0 Å². The number of carbonyl (C=O) groups excluding carboxylic acids is 2. The van der Waals surface area contributed by atoms with Gasteiger partial charge in [0.2, 0.25) is 0 Å². The van der Waals surface area contributed by atoms with Crippen molar-refractivity contribution in [2.75, 3.05) is 0 Å². The Morgan fingerprint density at radius 1 is 1.45 bits per heavy atom. The van der Waals surface area contributed by atoms with E-state index in [2.05, 4.69) is 17.2 Å². The molecule has 1 aliphatic heterocycles. The highest BCUT2D eigenvalue weighted by Crippen LogP contribution is 2.40. The summed E-state index contributed by atoms with van der Waals surface area (Å²) in [6.45, 7) is 4.58. The molecule has 3 amide bonds. The van der Waals surface area contributed by atoms with Gasteiger partial charge in [-0.1, -0.05) is 6.92 Å². The summed E-state index contributed by atoms with van der Waals surface area (Å²) < 4.78 is 0. The topological polar surface area (TPSA) is 62.3 Å². The van der Waals surface area contributed by atoms with Crippen molar-refractivity contribution in [3.8, 4) is 0 Å². The van der Waals surface area contributed by atoms with Crippen LogP contribution in [0, 0.1) is 12.8 Å². The fourth-order valence-electron chi connectivity index (χ4n) is 3.20. The number of thiazole rings is 1. The SMILES string of the molecule is Cc1nc(CN2C(=O)NC(=O)C23CCC(C)CC3)cs1. The summed E-state index contributed by atoms with van der Waals surface area (Å²) in [6, 6.07) is -0.268. The standard InChI is InChI=1S/C14H19N3O2S/c1-9-3-5-14(6-4-9)12(18)16-13(19)17(14)7-11-8-20-10(2)15-11/h8-9H,3-7H2,1-2H3,(H,16,18,19). The molecular weight excluding hydrogens is 274 g/mol. The minimum atomic E-state index is -0.638. The van der Waals surface area contributed by atoms with Gasteiger partial charge in [-0.3, -0.25) is 10.1 Å². The van der Waals surface area contributed by atoms with Gasteiger partial charge in [0.05, 0.1) is 17.2 Å². The molecule has 1 aromatic heterocycles. The maximum atomic E-state index is 12.3. The lowest BCUT2D eigenvalue weighted by atomic mass is 9.76. The minimum Gasteiger partial charge on any atom is -0.304 e. The molecule has 20 heavy (non-hydrogen) atoms. The first-order chi connectivity index (χ1) is 9.51. The lowest BCUT2D eigenvalue weighted by Crippen LogP contribution is -2.51. The Balaban J connectivity index is 1.86. The van der Waals surface area contributed by atoms with Crippen molar-refractivity contribution in [1.82, 2.24) is 15.2 Å². The van der Waals surface area contributed by atoms with Crippen molar-refractivity contribution in [2.24, 2.45) is 5.92 Å². The van der Waals surface area contributed by atoms with Crippen LogP contribution in [0.5, 0.6) is 0 Å². The molecule has 0 bridgehead atoms. The molecule has 0 aromatic carbocycles. The highest BCUT2D eigenvalue weighted by atomic mass is 32.1. The molecule has 2 heterocycles. The predicted octanol–water partition coefficient (Wildman–Crippen LogP) is 2.45. The summed E-state index contributed by atoms with van der Waals surface area (Å²) >= 11 is 1.57. The van der Waals surface area contributed by atoms with Crippen molar-refractivity contribution in [3.63, 3.8) is 0 Å². The molecule has 3 rings (SSSR count). The first-order valence-corrected chi connectivity index (χ1v) is 7.93. The molecule has 1 N–H and O–H groups in total. The van der Waals surface area contributed by atoms with Crippen LogP contribution < -0.4 is 5.32 Å². The second kappa shape index (κ2) is 4.84. The molecule has 1 spiro atoms. The molecule has 1 aromatic rings. The van der Waals surface area contributed by atoms with Gasteiger partial charge < -0.3 is 4.90 Å². The molecule has 1 saturated carbocycles. The van der Waals surface area contributed by atoms with E-state index in [1.54, 1.807) is 16.2 Å². The number of nitrogens with one attached hydrogen (secondary N) is 1. The lowest BCUT2D eigenvalue weighted by Gasteiger charge is -2.39. The molecule has 0 radical (unpaired) electrons. The van der Waals surface area contributed by atoms with E-state index in [0.29, 0.717) is 12.5 Å². The maximum absolute atomic E-state index is 12.3. The summed E-state index contributed by atoms with van der Waals surface area (Å²) in [4.78, 5) is 30.5. The van der Waals surface area contributed by atoms with Crippen LogP contribution in [0.15, 0.2) is 5.38 Å². The average Bonchev–Trinajstić information content (AvgIpc) is 2.91. The van der Waals surface area contributed by atoms with Crippen LogP contribution in [0.3, 0.4) is 0 Å². The largest absolute Gasteiger partial charge is 0.325 e. The molecule has 1 saturated heterocycles. The van der Waals surface area contributed by atoms with Crippen LogP contribution in [0.4, 0.5) is 4.79 Å². The zero-order valence-electron chi connectivity index (χ0n) is 11.8. The van der Waals surface area contributed by atoms with Gasteiger partial charge in [0.15, 0.2) is 0 Å². The van der Waals surface area contributed by atoms with E-state index >= 15 is 0 Å². The minimum absolute atomic E-state index is 0.124. The molecule has 6 heteroatoms. The van der Waals surface area contributed by atoms with Gasteiger partial charge in [-0.05, 0) is 38.5 Å². The first kappa shape index (κ1) is 13.5. The number of aromatic nitrogens is 1. The molecular formula is C14H19N3O2S. The van der Waals surface area contributed by atoms with Crippen molar-refractivity contribution in [3.05, 3.63) is 16.1 Å². The molecule has 2 aliphatic rings. The smallest absolute Gasteiger partial charge is 0.304 e. The van der Waals surface area contributed by atoms with E-state index in [4.69, 9.17) is 0 Å². The third kappa shape index (κ3) is 2.12. The van der Waals surface area contributed by atoms with Crippen molar-refractivity contribution in [1.29, 1.82) is 0 Å². The molecule has 0 unspecified atom stereocenters. The number of hydrogen-bond donors (Lipinski definition) is 1. The lowest BCUT2D eigenvalue weighted by molar-refractivity contribution is -0.128. The van der Waals surface area contributed by atoms with Gasteiger partial charge in [-0.2, -0.15) is 0 Å². The maximum Gasteiger partial charge on any atom is 0.325 e. The van der Waals surface area contributed by atoms with Gasteiger partial charge in [-0.15, -0.1) is 11.3 Å². The number of nitrogens with zero attached hydrogens (tertiary/aromatic N) is 2. The van der Waals surface area contributed by atoms with Gasteiger partial charge in [0, 0.05) is 5.38 Å². The Kier molecular flexibility index (Phi) is 3.28. The highest BCUT2D eigenvalue weighted by molar-refractivity contribution is 7.09. The van der Waals surface area contributed by atoms with Gasteiger partial charge >= 0.3 is 6.03 Å². The first-order valence-electron chi connectivity index (χ1n) is 7.05. The van der Waals surface area contributed by atoms with Crippen molar-refractivity contribution >= 4 is 23.3 Å². The second-order valence-corrected chi connectivity index (χ2v) is 6.98. The zero-order valence-corrected chi connectivity index (χ0v) is 12.6. The Bertz CT molecular complexity index is 546. The number of imide groups is 1. The summed E-state index contributed by atoms with van der Waals surface area (Å²) in [5.74, 6) is 0.508. The number of amides is 3. The number of hydrogen-bond acceptors (Lipinski definition) is 4. The Labute approximate surface area is 122 Å². The molecule has 2 fully saturated rings. The second-order valence-electron chi connectivity index (χ2n) is 5.92. The summed E-state index contributed by atoms with van der Waals surface area (Å²) in [5.41, 5.74) is 0.233. The third-order valence-electron chi connectivity index (χ3n) is 4.49. The highest BCUT2D eigenvalue weighted by Gasteiger charge is 2.53. The van der Waals surface area contributed by atoms with Gasteiger partial charge in [-0.25, -0.2) is 9.78 Å². The summed E-state index contributed by atoms with van der Waals surface area (Å²) in [7, 11) is 0. The van der Waals surface area contributed by atoms with E-state index < -0.39 is 5.54 Å². The Morgan fingerprint density at radius 3 is 2.75 bits per heavy atom. The normalized spacial score (nSPS) is 30.1. The van der Waals surface area contributed by atoms with Crippen LogP contribution in [-0.2, 0) is 11.3 Å². The number of aryl methyl sites for hydroxylation is 1. The van der Waals surface area contributed by atoms with Crippen LogP contribution in [0.25, 0.3) is 0 Å². The summed E-state index contributed by atoms with van der Waals surface area (Å²) in [5, 5.41) is 5.44. The van der Waals surface area contributed by atoms with Crippen LogP contribution >= 0.6 is 11.3 Å². The van der Waals surface area contributed by atoms with Crippen LogP contribution in [0.1, 0.15) is 43.3 Å². The van der Waals surface area contributed by atoms with Crippen molar-refractivity contribution in [2.45, 2.75) is 51.6 Å². The summed E-state index contributed by atoms with van der Waals surface area (Å²) in [6.07, 6.45) is 3.50. The fourth-order valence-corrected chi connectivity index (χ4v) is 3.80. The average molecular weight is 293 g/mol. The van der Waals surface area contributed by atoms with E-state index in [1.165, 1.54) is 0 Å². The molecule has 108 valence electrons. The monoisotopic (exact) mass is 293 g/mol. The third-order valence-corrected chi connectivity index (χ3v) is 5.32.